The highest BCUT2D eigenvalue weighted by atomic mass is 32.2. The molecule has 0 bridgehead atoms. The molecule has 2 aromatic heterocycles. The Kier molecular flexibility index (Phi) is 9.77. The van der Waals surface area contributed by atoms with Gasteiger partial charge in [0.1, 0.15) is 5.60 Å². The van der Waals surface area contributed by atoms with Crippen molar-refractivity contribution in [3.05, 3.63) is 96.2 Å². The molecule has 2 aromatic carbocycles. The third-order valence-corrected chi connectivity index (χ3v) is 8.16. The Labute approximate surface area is 241 Å². The van der Waals surface area contributed by atoms with Crippen LogP contribution in [0.15, 0.2) is 84.0 Å². The molecule has 0 aliphatic heterocycles. The lowest BCUT2D eigenvalue weighted by Crippen LogP contribution is -2.33. The number of ether oxygens (including phenoxy) is 1. The van der Waals surface area contributed by atoms with Gasteiger partial charge in [-0.2, -0.15) is 4.39 Å². The number of pyridine rings is 1. The third-order valence-electron chi connectivity index (χ3n) is 6.47. The molecule has 10 heteroatoms. The van der Waals surface area contributed by atoms with Crippen molar-refractivity contribution in [1.82, 2.24) is 19.2 Å². The highest BCUT2D eigenvalue weighted by Gasteiger charge is 2.22. The van der Waals surface area contributed by atoms with Crippen LogP contribution < -0.4 is 5.32 Å². The van der Waals surface area contributed by atoms with Gasteiger partial charge in [0.25, 0.3) is 10.0 Å². The molecule has 0 saturated heterocycles. The molecule has 1 N–H and O–H groups in total. The summed E-state index contributed by atoms with van der Waals surface area (Å²) in [5, 5.41) is 3.63. The lowest BCUT2D eigenvalue weighted by atomic mass is 10.1. The molecule has 0 aliphatic carbocycles. The Balaban J connectivity index is 1.49. The van der Waals surface area contributed by atoms with Crippen molar-refractivity contribution < 1.29 is 22.3 Å². The summed E-state index contributed by atoms with van der Waals surface area (Å²) in [4.78, 5) is 17.9. The smallest absolute Gasteiger partial charge is 0.407 e. The lowest BCUT2D eigenvalue weighted by molar-refractivity contribution is 0.0526. The highest BCUT2D eigenvalue weighted by molar-refractivity contribution is 7.90. The molecule has 0 unspecified atom stereocenters. The largest absolute Gasteiger partial charge is 0.444 e. The van der Waals surface area contributed by atoms with Gasteiger partial charge in [0.2, 0.25) is 5.95 Å². The van der Waals surface area contributed by atoms with Gasteiger partial charge >= 0.3 is 6.09 Å². The number of benzene rings is 2. The van der Waals surface area contributed by atoms with E-state index in [-0.39, 0.29) is 4.90 Å². The van der Waals surface area contributed by atoms with Crippen LogP contribution in [0.5, 0.6) is 0 Å². The van der Waals surface area contributed by atoms with Gasteiger partial charge in [-0.1, -0.05) is 42.8 Å². The zero-order valence-corrected chi connectivity index (χ0v) is 24.5. The van der Waals surface area contributed by atoms with E-state index in [1.165, 1.54) is 16.2 Å². The molecule has 0 saturated carbocycles. The molecule has 0 fully saturated rings. The van der Waals surface area contributed by atoms with Crippen LogP contribution in [-0.2, 0) is 27.8 Å². The van der Waals surface area contributed by atoms with E-state index in [0.29, 0.717) is 31.7 Å². The first-order chi connectivity index (χ1) is 19.5. The predicted octanol–water partition coefficient (Wildman–Crippen LogP) is 6.11. The first-order valence-corrected chi connectivity index (χ1v) is 15.2. The van der Waals surface area contributed by atoms with E-state index < -0.39 is 27.7 Å². The second-order valence-corrected chi connectivity index (χ2v) is 12.8. The summed E-state index contributed by atoms with van der Waals surface area (Å²) in [6.45, 7) is 7.62. The highest BCUT2D eigenvalue weighted by Crippen LogP contribution is 2.27. The molecule has 2 heterocycles. The molecule has 0 atom stereocenters. The number of carbonyl (C=O) groups excluding carboxylic acids is 1. The third kappa shape index (κ3) is 8.37. The fourth-order valence-electron chi connectivity index (χ4n) is 4.64. The molecule has 1 amide bonds. The van der Waals surface area contributed by atoms with Crippen molar-refractivity contribution in [3.63, 3.8) is 0 Å². The minimum absolute atomic E-state index is 0.219. The first kappa shape index (κ1) is 30.2. The Hall–Kier alpha value is -3.76. The lowest BCUT2D eigenvalue weighted by Gasteiger charge is -2.22. The van der Waals surface area contributed by atoms with Gasteiger partial charge in [0.15, 0.2) is 0 Å². The van der Waals surface area contributed by atoms with E-state index in [1.54, 1.807) is 48.7 Å². The summed E-state index contributed by atoms with van der Waals surface area (Å²) >= 11 is 0. The van der Waals surface area contributed by atoms with Crippen LogP contribution >= 0.6 is 0 Å². The number of nitrogens with zero attached hydrogens (tertiary/aromatic N) is 3. The van der Waals surface area contributed by atoms with Crippen LogP contribution in [0, 0.1) is 5.95 Å². The number of fused-ring (bicyclic) bond motifs is 1. The summed E-state index contributed by atoms with van der Waals surface area (Å²) in [6.07, 6.45) is 5.19. The average Bonchev–Trinajstić information content (AvgIpc) is 3.29. The van der Waals surface area contributed by atoms with Gasteiger partial charge in [-0.05, 0) is 81.6 Å². The van der Waals surface area contributed by atoms with Crippen molar-refractivity contribution in [2.24, 2.45) is 0 Å². The van der Waals surface area contributed by atoms with Crippen molar-refractivity contribution in [1.29, 1.82) is 0 Å². The molecule has 4 rings (SSSR count). The van der Waals surface area contributed by atoms with Gasteiger partial charge < -0.3 is 10.1 Å². The fourth-order valence-corrected chi connectivity index (χ4v) is 6.06. The van der Waals surface area contributed by atoms with Crippen LogP contribution in [0.1, 0.15) is 51.2 Å². The maximum absolute atomic E-state index is 13.9. The Morgan fingerprint density at radius 2 is 1.73 bits per heavy atom. The number of alkyl carbamates (subject to hydrolysis) is 1. The van der Waals surface area contributed by atoms with Crippen LogP contribution in [0.25, 0.3) is 10.9 Å². The topological polar surface area (TPSA) is 93.5 Å². The summed E-state index contributed by atoms with van der Waals surface area (Å²) in [6, 6.07) is 19.0. The number of aromatic nitrogens is 2. The van der Waals surface area contributed by atoms with Crippen molar-refractivity contribution in [3.8, 4) is 0 Å². The number of nitrogens with one attached hydrogen (secondary N) is 1. The molecular formula is C31H37FN4O4S. The van der Waals surface area contributed by atoms with E-state index in [2.05, 4.69) is 15.2 Å². The van der Waals surface area contributed by atoms with Gasteiger partial charge in [-0.25, -0.2) is 22.2 Å². The first-order valence-electron chi connectivity index (χ1n) is 13.7. The molecule has 8 nitrogen and oxygen atoms in total. The van der Waals surface area contributed by atoms with Gasteiger partial charge in [-0.15, -0.1) is 0 Å². The number of hydrogen-bond acceptors (Lipinski definition) is 6. The maximum Gasteiger partial charge on any atom is 0.407 e. The maximum atomic E-state index is 13.9. The van der Waals surface area contributed by atoms with E-state index in [1.807, 2.05) is 39.0 Å². The summed E-state index contributed by atoms with van der Waals surface area (Å²) in [7, 11) is -3.80. The van der Waals surface area contributed by atoms with Crippen molar-refractivity contribution >= 4 is 27.0 Å². The van der Waals surface area contributed by atoms with Crippen LogP contribution in [0.2, 0.25) is 0 Å². The zero-order chi connectivity index (χ0) is 29.5. The molecule has 41 heavy (non-hydrogen) atoms. The van der Waals surface area contributed by atoms with E-state index in [0.717, 1.165) is 35.8 Å². The minimum Gasteiger partial charge on any atom is -0.444 e. The Morgan fingerprint density at radius 3 is 2.46 bits per heavy atom. The number of amides is 1. The minimum atomic E-state index is -3.80. The van der Waals surface area contributed by atoms with Gasteiger partial charge in [0.05, 0.1) is 10.4 Å². The fraction of sp³-hybridized carbons (Fsp3) is 0.355. The normalized spacial score (nSPS) is 12.1. The van der Waals surface area contributed by atoms with Gasteiger partial charge in [-0.3, -0.25) is 4.90 Å². The molecule has 4 aromatic rings. The Morgan fingerprint density at radius 1 is 1.00 bits per heavy atom. The molecule has 0 radical (unpaired) electrons. The van der Waals surface area contributed by atoms with Crippen molar-refractivity contribution in [2.45, 2.75) is 63.6 Å². The second kappa shape index (κ2) is 13.3. The summed E-state index contributed by atoms with van der Waals surface area (Å²) in [5.74, 6) is -0.541. The zero-order valence-electron chi connectivity index (χ0n) is 23.7. The van der Waals surface area contributed by atoms with Gasteiger partial charge in [0, 0.05) is 37.4 Å². The SMILES string of the molecule is CC(C)(C)OC(=O)NCCCCCN(Cc1ccnc(F)c1)Cc1cn(S(=O)(=O)c2ccccc2)c2ccccc12. The predicted molar refractivity (Wildman–Crippen MR) is 157 cm³/mol. The quantitative estimate of drug-likeness (QED) is 0.161. The monoisotopic (exact) mass is 580 g/mol. The number of halogens is 1. The van der Waals surface area contributed by atoms with Crippen molar-refractivity contribution in [2.75, 3.05) is 13.1 Å². The summed E-state index contributed by atoms with van der Waals surface area (Å²) < 4.78 is 47.6. The van der Waals surface area contributed by atoms with E-state index in [4.69, 9.17) is 4.74 Å². The van der Waals surface area contributed by atoms with E-state index in [9.17, 15) is 17.6 Å². The molecule has 0 aliphatic rings. The molecule has 0 spiro atoms. The second-order valence-electron chi connectivity index (χ2n) is 11.0. The molecular weight excluding hydrogens is 543 g/mol. The van der Waals surface area contributed by atoms with Crippen LogP contribution in [-0.4, -0.2) is 47.1 Å². The van der Waals surface area contributed by atoms with Crippen LogP contribution in [0.4, 0.5) is 9.18 Å². The number of hydrogen-bond donors (Lipinski definition) is 1. The number of unbranched alkanes of at least 4 members (excludes halogenated alkanes) is 2. The number of carbonyl (C=O) groups is 1. The molecule has 218 valence electrons. The Bertz CT molecular complexity index is 1570. The number of rotatable bonds is 12. The summed E-state index contributed by atoms with van der Waals surface area (Å²) in [5.41, 5.74) is 1.71. The van der Waals surface area contributed by atoms with E-state index >= 15 is 0 Å². The van der Waals surface area contributed by atoms with Crippen LogP contribution in [0.3, 0.4) is 0 Å². The average molecular weight is 581 g/mol. The number of para-hydroxylation sites is 1. The standard InChI is InChI=1S/C31H37FN4O4S/c1-31(2,3)40-30(37)34-17-10-5-11-19-35(21-24-16-18-33-29(32)20-24)22-25-23-36(28-15-9-8-14-27(25)28)41(38,39)26-12-6-4-7-13-26/h4,6-9,12-16,18,20,23H,5,10-11,17,19,21-22H2,1-3H3,(H,34,37).